The second kappa shape index (κ2) is 8.69. The Kier molecular flexibility index (Phi) is 6.09. The fraction of sp³-hybridized carbons (Fsp3) is 0.526. The summed E-state index contributed by atoms with van der Waals surface area (Å²) in [6.45, 7) is 4.51. The van der Waals surface area contributed by atoms with Crippen LogP contribution in [0.2, 0.25) is 0 Å². The minimum atomic E-state index is 0.625. The first-order chi connectivity index (χ1) is 12.7. The van der Waals surface area contributed by atoms with Crippen LogP contribution in [-0.4, -0.2) is 41.4 Å². The van der Waals surface area contributed by atoms with E-state index < -0.39 is 0 Å². The molecule has 0 bridgehead atoms. The van der Waals surface area contributed by atoms with E-state index in [0.29, 0.717) is 6.54 Å². The van der Waals surface area contributed by atoms with Crippen molar-refractivity contribution in [2.75, 3.05) is 20.7 Å². The Morgan fingerprint density at radius 2 is 2.15 bits per heavy atom. The Bertz CT molecular complexity index is 767. The number of fused-ring (bicyclic) bond motifs is 1. The Morgan fingerprint density at radius 1 is 1.27 bits per heavy atom. The SMILES string of the molecule is CN=C(NCCc1cc(C)ccc1OC)NCc1nnc2n1CCCC2. The van der Waals surface area contributed by atoms with E-state index in [9.17, 15) is 0 Å². The number of aromatic nitrogens is 3. The molecule has 0 saturated heterocycles. The van der Waals surface area contributed by atoms with Gasteiger partial charge in [0.25, 0.3) is 0 Å². The highest BCUT2D eigenvalue weighted by Crippen LogP contribution is 2.19. The molecule has 3 rings (SSSR count). The van der Waals surface area contributed by atoms with Crippen molar-refractivity contribution in [3.05, 3.63) is 41.0 Å². The Morgan fingerprint density at radius 3 is 2.96 bits per heavy atom. The van der Waals surface area contributed by atoms with Crippen LogP contribution in [0.4, 0.5) is 0 Å². The highest BCUT2D eigenvalue weighted by molar-refractivity contribution is 5.79. The van der Waals surface area contributed by atoms with Gasteiger partial charge in [-0.2, -0.15) is 0 Å². The molecule has 1 aromatic heterocycles. The highest BCUT2D eigenvalue weighted by Gasteiger charge is 2.15. The quantitative estimate of drug-likeness (QED) is 0.610. The standard InChI is InChI=1S/C19H28N6O/c1-14-7-8-16(26-3)15(12-14)9-10-21-19(20-2)22-13-18-24-23-17-6-4-5-11-25(17)18/h7-8,12H,4-6,9-11,13H2,1-3H3,(H2,20,21,22). The third-order valence-electron chi connectivity index (χ3n) is 4.70. The molecule has 7 nitrogen and oxygen atoms in total. The number of rotatable bonds is 6. The first kappa shape index (κ1) is 18.2. The molecule has 26 heavy (non-hydrogen) atoms. The predicted octanol–water partition coefficient (Wildman–Crippen LogP) is 1.84. The molecule has 140 valence electrons. The van der Waals surface area contributed by atoms with Crippen molar-refractivity contribution in [2.24, 2.45) is 4.99 Å². The number of aryl methyl sites for hydroxylation is 2. The van der Waals surface area contributed by atoms with E-state index in [-0.39, 0.29) is 0 Å². The van der Waals surface area contributed by atoms with Crippen LogP contribution in [0.1, 0.15) is 35.6 Å². The van der Waals surface area contributed by atoms with Gasteiger partial charge in [-0.25, -0.2) is 0 Å². The third kappa shape index (κ3) is 4.33. The van der Waals surface area contributed by atoms with Gasteiger partial charge in [0.1, 0.15) is 11.6 Å². The molecule has 0 fully saturated rings. The van der Waals surface area contributed by atoms with Crippen molar-refractivity contribution < 1.29 is 4.74 Å². The second-order valence-electron chi connectivity index (χ2n) is 6.56. The molecule has 1 aromatic carbocycles. The van der Waals surface area contributed by atoms with Crippen molar-refractivity contribution in [1.29, 1.82) is 0 Å². The molecule has 0 unspecified atom stereocenters. The minimum Gasteiger partial charge on any atom is -0.496 e. The third-order valence-corrected chi connectivity index (χ3v) is 4.70. The van der Waals surface area contributed by atoms with Gasteiger partial charge in [0.05, 0.1) is 13.7 Å². The fourth-order valence-corrected chi connectivity index (χ4v) is 3.30. The van der Waals surface area contributed by atoms with Crippen LogP contribution >= 0.6 is 0 Å². The lowest BCUT2D eigenvalue weighted by molar-refractivity contribution is 0.409. The topological polar surface area (TPSA) is 76.4 Å². The highest BCUT2D eigenvalue weighted by atomic mass is 16.5. The minimum absolute atomic E-state index is 0.625. The van der Waals surface area contributed by atoms with Crippen LogP contribution in [0.25, 0.3) is 0 Å². The van der Waals surface area contributed by atoms with E-state index in [4.69, 9.17) is 4.74 Å². The fourth-order valence-electron chi connectivity index (χ4n) is 3.30. The van der Waals surface area contributed by atoms with Crippen molar-refractivity contribution >= 4 is 5.96 Å². The predicted molar refractivity (Wildman–Crippen MR) is 103 cm³/mol. The average Bonchev–Trinajstić information content (AvgIpc) is 3.08. The zero-order valence-corrected chi connectivity index (χ0v) is 15.9. The van der Waals surface area contributed by atoms with Crippen LogP contribution in [0.5, 0.6) is 5.75 Å². The molecule has 1 aliphatic rings. The van der Waals surface area contributed by atoms with E-state index in [2.05, 4.69) is 49.4 Å². The molecular formula is C19H28N6O. The Labute approximate surface area is 154 Å². The van der Waals surface area contributed by atoms with E-state index in [1.165, 1.54) is 24.0 Å². The van der Waals surface area contributed by atoms with Gasteiger partial charge in [-0.3, -0.25) is 4.99 Å². The van der Waals surface area contributed by atoms with Gasteiger partial charge in [0.2, 0.25) is 0 Å². The van der Waals surface area contributed by atoms with E-state index in [1.807, 2.05) is 6.07 Å². The van der Waals surface area contributed by atoms with Crippen LogP contribution in [0, 0.1) is 6.92 Å². The Balaban J connectivity index is 1.51. The number of aliphatic imine (C=N–C) groups is 1. The van der Waals surface area contributed by atoms with Gasteiger partial charge in [-0.1, -0.05) is 17.7 Å². The number of nitrogens with zero attached hydrogens (tertiary/aromatic N) is 4. The van der Waals surface area contributed by atoms with Crippen molar-refractivity contribution in [1.82, 2.24) is 25.4 Å². The van der Waals surface area contributed by atoms with Gasteiger partial charge >= 0.3 is 0 Å². The van der Waals surface area contributed by atoms with Crippen LogP contribution in [0.3, 0.4) is 0 Å². The lowest BCUT2D eigenvalue weighted by Crippen LogP contribution is -2.38. The number of hydrogen-bond donors (Lipinski definition) is 2. The van der Waals surface area contributed by atoms with Crippen LogP contribution < -0.4 is 15.4 Å². The summed E-state index contributed by atoms with van der Waals surface area (Å²) in [5.74, 6) is 3.77. The summed E-state index contributed by atoms with van der Waals surface area (Å²) < 4.78 is 7.67. The van der Waals surface area contributed by atoms with Crippen molar-refractivity contribution in [3.8, 4) is 5.75 Å². The summed E-state index contributed by atoms with van der Waals surface area (Å²) in [4.78, 5) is 4.30. The lowest BCUT2D eigenvalue weighted by atomic mass is 10.1. The molecule has 0 aliphatic carbocycles. The molecular weight excluding hydrogens is 328 g/mol. The van der Waals surface area contributed by atoms with Gasteiger partial charge in [-0.15, -0.1) is 10.2 Å². The number of nitrogens with one attached hydrogen (secondary N) is 2. The van der Waals surface area contributed by atoms with Crippen LogP contribution in [-0.2, 0) is 25.9 Å². The lowest BCUT2D eigenvalue weighted by Gasteiger charge is -2.16. The van der Waals surface area contributed by atoms with Gasteiger partial charge in [-0.05, 0) is 37.8 Å². The largest absolute Gasteiger partial charge is 0.496 e. The molecule has 0 spiro atoms. The summed E-state index contributed by atoms with van der Waals surface area (Å²) in [6.07, 6.45) is 4.30. The molecule has 0 saturated carbocycles. The number of guanidine groups is 1. The van der Waals surface area contributed by atoms with Gasteiger partial charge in [0.15, 0.2) is 11.8 Å². The van der Waals surface area contributed by atoms with E-state index in [0.717, 1.165) is 49.3 Å². The summed E-state index contributed by atoms with van der Waals surface area (Å²) >= 11 is 0. The zero-order chi connectivity index (χ0) is 18.4. The molecule has 2 aromatic rings. The summed E-state index contributed by atoms with van der Waals surface area (Å²) in [7, 11) is 3.49. The Hall–Kier alpha value is -2.57. The maximum absolute atomic E-state index is 5.44. The molecule has 0 radical (unpaired) electrons. The maximum atomic E-state index is 5.44. The molecule has 2 heterocycles. The van der Waals surface area contributed by atoms with E-state index >= 15 is 0 Å². The molecule has 2 N–H and O–H groups in total. The average molecular weight is 356 g/mol. The number of hydrogen-bond acceptors (Lipinski definition) is 4. The van der Waals surface area contributed by atoms with Crippen molar-refractivity contribution in [2.45, 2.75) is 45.7 Å². The van der Waals surface area contributed by atoms with Crippen molar-refractivity contribution in [3.63, 3.8) is 0 Å². The molecule has 1 aliphatic heterocycles. The zero-order valence-electron chi connectivity index (χ0n) is 15.9. The molecule has 7 heteroatoms. The second-order valence-corrected chi connectivity index (χ2v) is 6.56. The summed E-state index contributed by atoms with van der Waals surface area (Å²) in [5, 5.41) is 15.3. The maximum Gasteiger partial charge on any atom is 0.191 e. The summed E-state index contributed by atoms with van der Waals surface area (Å²) in [6, 6.07) is 6.25. The molecule has 0 atom stereocenters. The van der Waals surface area contributed by atoms with Gasteiger partial charge < -0.3 is 19.9 Å². The summed E-state index contributed by atoms with van der Waals surface area (Å²) in [5.41, 5.74) is 2.43. The normalized spacial score (nSPS) is 14.0. The monoisotopic (exact) mass is 356 g/mol. The first-order valence-electron chi connectivity index (χ1n) is 9.20. The number of methoxy groups -OCH3 is 1. The first-order valence-corrected chi connectivity index (χ1v) is 9.20. The smallest absolute Gasteiger partial charge is 0.191 e. The van der Waals surface area contributed by atoms with Crippen LogP contribution in [0.15, 0.2) is 23.2 Å². The number of benzene rings is 1. The van der Waals surface area contributed by atoms with E-state index in [1.54, 1.807) is 14.2 Å². The van der Waals surface area contributed by atoms with Gasteiger partial charge in [0, 0.05) is 26.6 Å². The number of ether oxygens (including phenoxy) is 1. The molecule has 0 amide bonds.